The van der Waals surface area contributed by atoms with Gasteiger partial charge in [0.2, 0.25) is 5.91 Å². The van der Waals surface area contributed by atoms with E-state index >= 15 is 0 Å². The number of hydrogen-bond acceptors (Lipinski definition) is 3. The number of carbonyl (C=O) groups excluding carboxylic acids is 2. The van der Waals surface area contributed by atoms with Gasteiger partial charge in [0.1, 0.15) is 0 Å². The van der Waals surface area contributed by atoms with Crippen LogP contribution in [0, 0.1) is 0 Å². The first kappa shape index (κ1) is 17.0. The second-order valence-electron chi connectivity index (χ2n) is 4.16. The molecule has 7 nitrogen and oxygen atoms in total. The van der Waals surface area contributed by atoms with Gasteiger partial charge in [0.05, 0.1) is 12.1 Å². The summed E-state index contributed by atoms with van der Waals surface area (Å²) in [6.07, 6.45) is 0.814. The lowest BCUT2D eigenvalue weighted by molar-refractivity contribution is -0.120. The van der Waals surface area contributed by atoms with E-state index in [9.17, 15) is 14.4 Å². The summed E-state index contributed by atoms with van der Waals surface area (Å²) in [6, 6.07) is 3.81. The number of carbonyl (C=O) groups is 3. The predicted molar refractivity (Wildman–Crippen MR) is 81.4 cm³/mol. The normalized spacial score (nSPS) is 9.81. The van der Waals surface area contributed by atoms with Gasteiger partial charge in [-0.05, 0) is 40.5 Å². The zero-order chi connectivity index (χ0) is 15.8. The maximum Gasteiger partial charge on any atom is 0.336 e. The van der Waals surface area contributed by atoms with Gasteiger partial charge < -0.3 is 21.1 Å². The standard InChI is InChI=1S/C13H16BrN3O4/c1-2-5-15-11(18)7-16-13(21)17-8-3-4-10(14)9(6-8)12(19)20/h3-4,6H,2,5,7H2,1H3,(H,15,18)(H,19,20)(H2,16,17,21). The minimum Gasteiger partial charge on any atom is -0.478 e. The fourth-order valence-electron chi connectivity index (χ4n) is 1.43. The van der Waals surface area contributed by atoms with Crippen LogP contribution < -0.4 is 16.0 Å². The number of rotatable bonds is 6. The van der Waals surface area contributed by atoms with Crippen molar-refractivity contribution in [2.45, 2.75) is 13.3 Å². The quantitative estimate of drug-likeness (QED) is 0.622. The lowest BCUT2D eigenvalue weighted by Gasteiger charge is -2.09. The summed E-state index contributed by atoms with van der Waals surface area (Å²) in [5.74, 6) is -1.39. The molecule has 21 heavy (non-hydrogen) atoms. The third kappa shape index (κ3) is 5.82. The molecule has 4 N–H and O–H groups in total. The van der Waals surface area contributed by atoms with Gasteiger partial charge in [-0.3, -0.25) is 4.79 Å². The minimum atomic E-state index is -1.11. The monoisotopic (exact) mass is 357 g/mol. The topological polar surface area (TPSA) is 108 Å². The van der Waals surface area contributed by atoms with E-state index < -0.39 is 12.0 Å². The lowest BCUT2D eigenvalue weighted by atomic mass is 10.2. The number of amides is 3. The van der Waals surface area contributed by atoms with E-state index in [2.05, 4.69) is 31.9 Å². The van der Waals surface area contributed by atoms with E-state index in [-0.39, 0.29) is 18.0 Å². The van der Waals surface area contributed by atoms with Crippen molar-refractivity contribution in [3.63, 3.8) is 0 Å². The van der Waals surface area contributed by atoms with Gasteiger partial charge in [-0.1, -0.05) is 6.92 Å². The molecule has 0 bridgehead atoms. The molecule has 1 aromatic rings. The summed E-state index contributed by atoms with van der Waals surface area (Å²) < 4.78 is 0.417. The highest BCUT2D eigenvalue weighted by atomic mass is 79.9. The summed E-state index contributed by atoms with van der Waals surface area (Å²) in [4.78, 5) is 33.9. The van der Waals surface area contributed by atoms with Crippen molar-refractivity contribution in [3.8, 4) is 0 Å². The lowest BCUT2D eigenvalue weighted by Crippen LogP contribution is -2.39. The van der Waals surface area contributed by atoms with Gasteiger partial charge in [-0.25, -0.2) is 9.59 Å². The molecule has 0 atom stereocenters. The van der Waals surface area contributed by atoms with Crippen LogP contribution in [0.1, 0.15) is 23.7 Å². The van der Waals surface area contributed by atoms with Crippen molar-refractivity contribution in [2.24, 2.45) is 0 Å². The van der Waals surface area contributed by atoms with E-state index in [1.54, 1.807) is 6.07 Å². The van der Waals surface area contributed by atoms with Crippen LogP contribution in [0.5, 0.6) is 0 Å². The number of carboxylic acid groups (broad SMARTS) is 1. The number of anilines is 1. The predicted octanol–water partition coefficient (Wildman–Crippen LogP) is 1.79. The van der Waals surface area contributed by atoms with Crippen LogP contribution in [0.15, 0.2) is 22.7 Å². The third-order valence-electron chi connectivity index (χ3n) is 2.44. The molecule has 0 spiro atoms. The molecule has 114 valence electrons. The van der Waals surface area contributed by atoms with Crippen LogP contribution in [0.25, 0.3) is 0 Å². The van der Waals surface area contributed by atoms with Crippen molar-refractivity contribution in [1.29, 1.82) is 0 Å². The zero-order valence-electron chi connectivity index (χ0n) is 11.4. The molecule has 0 saturated carbocycles. The van der Waals surface area contributed by atoms with Gasteiger partial charge in [0, 0.05) is 16.7 Å². The highest BCUT2D eigenvalue weighted by Gasteiger charge is 2.11. The molecular weight excluding hydrogens is 342 g/mol. The Morgan fingerprint density at radius 3 is 2.57 bits per heavy atom. The average Bonchev–Trinajstić information content (AvgIpc) is 2.44. The number of aromatic carboxylic acids is 1. The van der Waals surface area contributed by atoms with Crippen LogP contribution in [0.3, 0.4) is 0 Å². The molecule has 3 amide bonds. The largest absolute Gasteiger partial charge is 0.478 e. The maximum absolute atomic E-state index is 11.6. The Labute approximate surface area is 130 Å². The summed E-state index contributed by atoms with van der Waals surface area (Å²) in [6.45, 7) is 2.33. The van der Waals surface area contributed by atoms with Crippen molar-refractivity contribution in [1.82, 2.24) is 10.6 Å². The Kier molecular flexibility index (Phi) is 6.67. The molecule has 8 heteroatoms. The van der Waals surface area contributed by atoms with Gasteiger partial charge in [0.15, 0.2) is 0 Å². The van der Waals surface area contributed by atoms with Crippen LogP contribution in [-0.4, -0.2) is 36.1 Å². The van der Waals surface area contributed by atoms with E-state index in [1.165, 1.54) is 12.1 Å². The SMILES string of the molecule is CCCNC(=O)CNC(=O)Nc1ccc(Br)c(C(=O)O)c1. The van der Waals surface area contributed by atoms with Gasteiger partial charge in [0.25, 0.3) is 0 Å². The van der Waals surface area contributed by atoms with E-state index in [0.29, 0.717) is 16.7 Å². The Hall–Kier alpha value is -2.09. The van der Waals surface area contributed by atoms with Gasteiger partial charge >= 0.3 is 12.0 Å². The zero-order valence-corrected chi connectivity index (χ0v) is 13.0. The van der Waals surface area contributed by atoms with E-state index in [0.717, 1.165) is 6.42 Å². The molecule has 0 saturated heterocycles. The molecule has 0 unspecified atom stereocenters. The van der Waals surface area contributed by atoms with Crippen LogP contribution in [0.2, 0.25) is 0 Å². The molecule has 0 aliphatic heterocycles. The van der Waals surface area contributed by atoms with Crippen LogP contribution in [0.4, 0.5) is 10.5 Å². The summed E-state index contributed by atoms with van der Waals surface area (Å²) >= 11 is 3.11. The van der Waals surface area contributed by atoms with Crippen LogP contribution in [-0.2, 0) is 4.79 Å². The van der Waals surface area contributed by atoms with Crippen molar-refractivity contribution in [2.75, 3.05) is 18.4 Å². The molecule has 0 radical (unpaired) electrons. The second-order valence-corrected chi connectivity index (χ2v) is 5.01. The maximum atomic E-state index is 11.6. The van der Waals surface area contributed by atoms with Crippen molar-refractivity contribution in [3.05, 3.63) is 28.2 Å². The summed E-state index contributed by atoms with van der Waals surface area (Å²) in [5, 5.41) is 16.4. The Balaban J connectivity index is 2.53. The highest BCUT2D eigenvalue weighted by Crippen LogP contribution is 2.21. The number of benzene rings is 1. The average molecular weight is 358 g/mol. The third-order valence-corrected chi connectivity index (χ3v) is 3.13. The molecule has 1 aromatic carbocycles. The first-order valence-corrected chi connectivity index (χ1v) is 7.07. The first-order chi connectivity index (χ1) is 9.93. The number of urea groups is 1. The number of halogens is 1. The number of nitrogens with one attached hydrogen (secondary N) is 3. The van der Waals surface area contributed by atoms with Crippen molar-refractivity contribution < 1.29 is 19.5 Å². The highest BCUT2D eigenvalue weighted by molar-refractivity contribution is 9.10. The second kappa shape index (κ2) is 8.25. The Morgan fingerprint density at radius 1 is 1.24 bits per heavy atom. The molecule has 0 aromatic heterocycles. The van der Waals surface area contributed by atoms with E-state index in [4.69, 9.17) is 5.11 Å². The van der Waals surface area contributed by atoms with Gasteiger partial charge in [-0.2, -0.15) is 0 Å². The molecule has 0 aliphatic carbocycles. The number of carboxylic acids is 1. The summed E-state index contributed by atoms with van der Waals surface area (Å²) in [7, 11) is 0. The number of hydrogen-bond donors (Lipinski definition) is 4. The first-order valence-electron chi connectivity index (χ1n) is 6.28. The molecule has 0 heterocycles. The van der Waals surface area contributed by atoms with Gasteiger partial charge in [-0.15, -0.1) is 0 Å². The fraction of sp³-hybridized carbons (Fsp3) is 0.308. The minimum absolute atomic E-state index is 0.0356. The van der Waals surface area contributed by atoms with E-state index in [1.807, 2.05) is 6.92 Å². The fourth-order valence-corrected chi connectivity index (χ4v) is 1.85. The smallest absolute Gasteiger partial charge is 0.336 e. The Morgan fingerprint density at radius 2 is 1.95 bits per heavy atom. The molecule has 0 fully saturated rings. The molecule has 0 aliphatic rings. The Bertz CT molecular complexity index is 548. The summed E-state index contributed by atoms with van der Waals surface area (Å²) in [5.41, 5.74) is 0.357. The van der Waals surface area contributed by atoms with Crippen molar-refractivity contribution >= 4 is 39.5 Å². The van der Waals surface area contributed by atoms with Crippen LogP contribution >= 0.6 is 15.9 Å². The molecular formula is C13H16BrN3O4. The molecule has 1 rings (SSSR count).